The Morgan fingerprint density at radius 3 is 2.89 bits per heavy atom. The molecule has 1 N–H and O–H groups in total. The fourth-order valence-electron chi connectivity index (χ4n) is 2.42. The molecule has 1 aliphatic carbocycles. The topological polar surface area (TPSA) is 24.9 Å². The Labute approximate surface area is 125 Å². The number of hydrogen-bond donors (Lipinski definition) is 1. The molecule has 0 fully saturated rings. The van der Waals surface area contributed by atoms with Crippen LogP contribution < -0.4 is 5.32 Å². The van der Waals surface area contributed by atoms with Crippen LogP contribution in [0.5, 0.6) is 0 Å². The molecule has 1 aromatic heterocycles. The van der Waals surface area contributed by atoms with E-state index in [0.717, 1.165) is 18.8 Å². The Morgan fingerprint density at radius 1 is 1.42 bits per heavy atom. The molecule has 1 aromatic rings. The maximum atomic E-state index is 4.95. The molecular formula is C15H26N2S2. The van der Waals surface area contributed by atoms with Crippen molar-refractivity contribution in [2.24, 2.45) is 0 Å². The van der Waals surface area contributed by atoms with Crippen LogP contribution in [0.4, 0.5) is 0 Å². The van der Waals surface area contributed by atoms with Gasteiger partial charge in [-0.1, -0.05) is 27.7 Å². The van der Waals surface area contributed by atoms with Gasteiger partial charge in [-0.3, -0.25) is 0 Å². The number of aryl methyl sites for hydroxylation is 1. The van der Waals surface area contributed by atoms with E-state index in [-0.39, 0.29) is 0 Å². The summed E-state index contributed by atoms with van der Waals surface area (Å²) in [4.78, 5) is 6.50. The van der Waals surface area contributed by atoms with Crippen molar-refractivity contribution in [3.63, 3.8) is 0 Å². The predicted octanol–water partition coefficient (Wildman–Crippen LogP) is 4.20. The van der Waals surface area contributed by atoms with Crippen LogP contribution in [-0.4, -0.2) is 22.8 Å². The molecule has 0 saturated heterocycles. The average Bonchev–Trinajstić information content (AvgIpc) is 2.76. The lowest BCUT2D eigenvalue weighted by molar-refractivity contribution is 0.508. The molecule has 0 aliphatic heterocycles. The highest BCUT2D eigenvalue weighted by molar-refractivity contribution is 7.99. The van der Waals surface area contributed by atoms with Gasteiger partial charge in [-0.05, 0) is 25.8 Å². The summed E-state index contributed by atoms with van der Waals surface area (Å²) in [6, 6.07) is 0. The molecule has 2 nitrogen and oxygen atoms in total. The number of nitrogens with zero attached hydrogens (tertiary/aromatic N) is 1. The van der Waals surface area contributed by atoms with E-state index in [1.165, 1.54) is 30.0 Å². The smallest absolute Gasteiger partial charge is 0.103 e. The molecule has 0 amide bonds. The quantitative estimate of drug-likeness (QED) is 0.881. The summed E-state index contributed by atoms with van der Waals surface area (Å²) in [5, 5.41) is 4.81. The van der Waals surface area contributed by atoms with Crippen molar-refractivity contribution in [3.05, 3.63) is 15.6 Å². The highest BCUT2D eigenvalue weighted by Crippen LogP contribution is 2.37. The first-order valence-corrected chi connectivity index (χ1v) is 9.13. The highest BCUT2D eigenvalue weighted by atomic mass is 32.2. The molecule has 1 aliphatic rings. The number of nitrogens with one attached hydrogen (secondary N) is 1. The Morgan fingerprint density at radius 2 is 2.21 bits per heavy atom. The van der Waals surface area contributed by atoms with Crippen LogP contribution >= 0.6 is 23.1 Å². The second-order valence-corrected chi connectivity index (χ2v) is 9.18. The molecule has 0 spiro atoms. The van der Waals surface area contributed by atoms with Crippen LogP contribution in [0.15, 0.2) is 0 Å². The number of rotatable bonds is 5. The summed E-state index contributed by atoms with van der Waals surface area (Å²) in [5.74, 6) is 1.71. The van der Waals surface area contributed by atoms with Gasteiger partial charge in [-0.15, -0.1) is 23.1 Å². The summed E-state index contributed by atoms with van der Waals surface area (Å²) in [6.45, 7) is 11.2. The third-order valence-corrected chi connectivity index (χ3v) is 5.98. The zero-order valence-electron chi connectivity index (χ0n) is 12.6. The van der Waals surface area contributed by atoms with E-state index in [1.54, 1.807) is 4.88 Å². The first kappa shape index (κ1) is 15.3. The van der Waals surface area contributed by atoms with E-state index in [0.29, 0.717) is 10.7 Å². The third-order valence-electron chi connectivity index (χ3n) is 3.38. The molecule has 0 aromatic carbocycles. The van der Waals surface area contributed by atoms with Crippen LogP contribution in [-0.2, 0) is 12.2 Å². The second kappa shape index (κ2) is 6.59. The molecule has 108 valence electrons. The monoisotopic (exact) mass is 298 g/mol. The van der Waals surface area contributed by atoms with Crippen molar-refractivity contribution < 1.29 is 0 Å². The van der Waals surface area contributed by atoms with Crippen molar-refractivity contribution >= 4 is 23.1 Å². The summed E-state index contributed by atoms with van der Waals surface area (Å²) in [7, 11) is 0. The van der Waals surface area contributed by atoms with Gasteiger partial charge in [-0.2, -0.15) is 0 Å². The van der Waals surface area contributed by atoms with Gasteiger partial charge in [0.25, 0.3) is 0 Å². The third kappa shape index (κ3) is 4.47. The van der Waals surface area contributed by atoms with E-state index in [1.807, 2.05) is 23.1 Å². The standard InChI is InChI=1S/C15H26N2S2/c1-5-16-9-11-7-6-8-12-14(11)17-13(19-12)10-18-15(2,3)4/h11,16H,5-10H2,1-4H3. The normalized spacial score (nSPS) is 19.5. The van der Waals surface area contributed by atoms with Crippen LogP contribution in [0.2, 0.25) is 0 Å². The van der Waals surface area contributed by atoms with Crippen molar-refractivity contribution in [2.45, 2.75) is 63.4 Å². The van der Waals surface area contributed by atoms with E-state index in [2.05, 4.69) is 33.0 Å². The molecule has 0 radical (unpaired) electrons. The number of aromatic nitrogens is 1. The van der Waals surface area contributed by atoms with Gasteiger partial charge >= 0.3 is 0 Å². The Balaban J connectivity index is 2.03. The van der Waals surface area contributed by atoms with E-state index >= 15 is 0 Å². The Hall–Kier alpha value is -0.0600. The lowest BCUT2D eigenvalue weighted by Crippen LogP contribution is -2.24. The van der Waals surface area contributed by atoms with Gasteiger partial charge in [0, 0.05) is 27.8 Å². The summed E-state index contributed by atoms with van der Waals surface area (Å²) in [6.07, 6.45) is 3.88. The van der Waals surface area contributed by atoms with Gasteiger partial charge in [0.15, 0.2) is 0 Å². The average molecular weight is 299 g/mol. The molecular weight excluding hydrogens is 272 g/mol. The SMILES string of the molecule is CCNCC1CCCc2sc(CSC(C)(C)C)nc21. The Bertz CT molecular complexity index is 407. The fraction of sp³-hybridized carbons (Fsp3) is 0.800. The minimum Gasteiger partial charge on any atom is -0.316 e. The number of thioether (sulfide) groups is 1. The largest absolute Gasteiger partial charge is 0.316 e. The first-order valence-electron chi connectivity index (χ1n) is 7.32. The lowest BCUT2D eigenvalue weighted by atomic mass is 9.91. The maximum absolute atomic E-state index is 4.95. The predicted molar refractivity (Wildman–Crippen MR) is 87.4 cm³/mol. The molecule has 1 unspecified atom stereocenters. The van der Waals surface area contributed by atoms with Crippen molar-refractivity contribution in [2.75, 3.05) is 13.1 Å². The molecule has 0 saturated carbocycles. The minimum atomic E-state index is 0.329. The fourth-order valence-corrected chi connectivity index (χ4v) is 4.44. The van der Waals surface area contributed by atoms with Crippen LogP contribution in [0.1, 0.15) is 62.0 Å². The number of fused-ring (bicyclic) bond motifs is 1. The minimum absolute atomic E-state index is 0.329. The highest BCUT2D eigenvalue weighted by Gasteiger charge is 2.24. The molecule has 0 bridgehead atoms. The Kier molecular flexibility index (Phi) is 5.32. The number of likely N-dealkylation sites (N-methyl/N-ethyl adjacent to an activating group) is 1. The number of thiazole rings is 1. The van der Waals surface area contributed by atoms with Gasteiger partial charge in [0.2, 0.25) is 0 Å². The molecule has 4 heteroatoms. The summed E-state index contributed by atoms with van der Waals surface area (Å²) >= 11 is 3.95. The number of hydrogen-bond acceptors (Lipinski definition) is 4. The van der Waals surface area contributed by atoms with Crippen molar-refractivity contribution in [1.82, 2.24) is 10.3 Å². The summed E-state index contributed by atoms with van der Waals surface area (Å²) in [5.41, 5.74) is 1.40. The first-order chi connectivity index (χ1) is 8.99. The maximum Gasteiger partial charge on any atom is 0.103 e. The molecule has 2 rings (SSSR count). The van der Waals surface area contributed by atoms with E-state index in [9.17, 15) is 0 Å². The van der Waals surface area contributed by atoms with Gasteiger partial charge in [-0.25, -0.2) is 4.98 Å². The lowest BCUT2D eigenvalue weighted by Gasteiger charge is -2.21. The second-order valence-electron chi connectivity index (χ2n) is 6.21. The molecule has 1 atom stereocenters. The zero-order valence-corrected chi connectivity index (χ0v) is 14.2. The van der Waals surface area contributed by atoms with Gasteiger partial charge in [0.1, 0.15) is 5.01 Å². The van der Waals surface area contributed by atoms with Crippen LogP contribution in [0.3, 0.4) is 0 Å². The van der Waals surface area contributed by atoms with Crippen molar-refractivity contribution in [1.29, 1.82) is 0 Å². The van der Waals surface area contributed by atoms with E-state index in [4.69, 9.17) is 4.98 Å². The van der Waals surface area contributed by atoms with Gasteiger partial charge in [0.05, 0.1) is 5.69 Å². The van der Waals surface area contributed by atoms with Crippen LogP contribution in [0, 0.1) is 0 Å². The van der Waals surface area contributed by atoms with Crippen LogP contribution in [0.25, 0.3) is 0 Å². The summed E-state index contributed by atoms with van der Waals surface area (Å²) < 4.78 is 0.329. The molecule has 1 heterocycles. The zero-order chi connectivity index (χ0) is 13.9. The molecule has 19 heavy (non-hydrogen) atoms. The van der Waals surface area contributed by atoms with Crippen molar-refractivity contribution in [3.8, 4) is 0 Å². The van der Waals surface area contributed by atoms with Gasteiger partial charge < -0.3 is 5.32 Å². The van der Waals surface area contributed by atoms with E-state index < -0.39 is 0 Å².